The zero-order chi connectivity index (χ0) is 10.1. The van der Waals surface area contributed by atoms with Gasteiger partial charge < -0.3 is 10.1 Å². The minimum Gasteiger partial charge on any atom is -0.481 e. The summed E-state index contributed by atoms with van der Waals surface area (Å²) in [7, 11) is 1.57. The lowest BCUT2D eigenvalue weighted by Crippen LogP contribution is -2.21. The summed E-state index contributed by atoms with van der Waals surface area (Å²) in [5, 5.41) is 2.71. The molecule has 5 heteroatoms. The second-order valence-electron chi connectivity index (χ2n) is 3.16. The van der Waals surface area contributed by atoms with E-state index in [-0.39, 0.29) is 5.91 Å². The number of rotatable bonds is 1. The third-order valence-electron chi connectivity index (χ3n) is 2.13. The first-order valence-corrected chi connectivity index (χ1v) is 4.42. The number of aromatic nitrogens is 2. The smallest absolute Gasteiger partial charge is 0.225 e. The molecule has 0 bridgehead atoms. The number of ether oxygens (including phenoxy) is 1. The Balaban J connectivity index is 2.51. The quantitative estimate of drug-likeness (QED) is 0.712. The van der Waals surface area contributed by atoms with Crippen LogP contribution >= 0.6 is 0 Å². The Bertz CT molecular complexity index is 390. The van der Waals surface area contributed by atoms with Crippen LogP contribution < -0.4 is 10.1 Å². The van der Waals surface area contributed by atoms with Crippen LogP contribution in [0, 0.1) is 6.92 Å². The minimum absolute atomic E-state index is 0.00217. The molecule has 0 radical (unpaired) electrons. The van der Waals surface area contributed by atoms with E-state index in [1.54, 1.807) is 14.0 Å². The molecule has 14 heavy (non-hydrogen) atoms. The summed E-state index contributed by atoms with van der Waals surface area (Å²) in [5.41, 5.74) is 0.887. The summed E-state index contributed by atoms with van der Waals surface area (Å²) < 4.78 is 5.13. The molecule has 0 aromatic carbocycles. The summed E-state index contributed by atoms with van der Waals surface area (Å²) in [6.07, 6.45) is 1.11. The lowest BCUT2D eigenvalue weighted by molar-refractivity contribution is -0.116. The van der Waals surface area contributed by atoms with Crippen molar-refractivity contribution in [3.05, 3.63) is 11.4 Å². The third-order valence-corrected chi connectivity index (χ3v) is 2.13. The molecule has 0 saturated heterocycles. The normalized spacial score (nSPS) is 14.6. The van der Waals surface area contributed by atoms with E-state index in [4.69, 9.17) is 4.74 Å². The van der Waals surface area contributed by atoms with Crippen molar-refractivity contribution in [2.45, 2.75) is 19.8 Å². The van der Waals surface area contributed by atoms with Gasteiger partial charge in [-0.3, -0.25) is 4.79 Å². The SMILES string of the molecule is COc1nc(C)nc2c1CCC(=O)N2. The van der Waals surface area contributed by atoms with Gasteiger partial charge in [0, 0.05) is 6.42 Å². The maximum atomic E-state index is 11.1. The summed E-state index contributed by atoms with van der Waals surface area (Å²) in [4.78, 5) is 19.4. The van der Waals surface area contributed by atoms with E-state index in [0.717, 1.165) is 5.56 Å². The molecule has 74 valence electrons. The van der Waals surface area contributed by atoms with E-state index in [1.165, 1.54) is 0 Å². The van der Waals surface area contributed by atoms with Crippen LogP contribution in [0.15, 0.2) is 0 Å². The molecule has 1 N–H and O–H groups in total. The average molecular weight is 193 g/mol. The average Bonchev–Trinajstić information content (AvgIpc) is 2.15. The van der Waals surface area contributed by atoms with E-state index >= 15 is 0 Å². The summed E-state index contributed by atoms with van der Waals surface area (Å²) in [5.74, 6) is 1.75. The molecule has 2 rings (SSSR count). The largest absolute Gasteiger partial charge is 0.481 e. The molecule has 0 atom stereocenters. The number of amides is 1. The van der Waals surface area contributed by atoms with E-state index < -0.39 is 0 Å². The van der Waals surface area contributed by atoms with Gasteiger partial charge in [-0.15, -0.1) is 0 Å². The molecule has 1 aliphatic heterocycles. The van der Waals surface area contributed by atoms with Gasteiger partial charge in [-0.25, -0.2) is 4.98 Å². The van der Waals surface area contributed by atoms with Crippen LogP contribution in [-0.4, -0.2) is 23.0 Å². The second-order valence-corrected chi connectivity index (χ2v) is 3.16. The van der Waals surface area contributed by atoms with Gasteiger partial charge in [-0.1, -0.05) is 0 Å². The highest BCUT2D eigenvalue weighted by Crippen LogP contribution is 2.27. The van der Waals surface area contributed by atoms with Crippen molar-refractivity contribution >= 4 is 11.7 Å². The maximum Gasteiger partial charge on any atom is 0.225 e. The zero-order valence-corrected chi connectivity index (χ0v) is 8.13. The fourth-order valence-electron chi connectivity index (χ4n) is 1.50. The Labute approximate surface area is 81.5 Å². The second kappa shape index (κ2) is 3.25. The Morgan fingerprint density at radius 3 is 2.86 bits per heavy atom. The number of nitrogens with zero attached hydrogens (tertiary/aromatic N) is 2. The summed E-state index contributed by atoms with van der Waals surface area (Å²) >= 11 is 0. The molecule has 0 aliphatic carbocycles. The minimum atomic E-state index is -0.00217. The zero-order valence-electron chi connectivity index (χ0n) is 8.13. The number of methoxy groups -OCH3 is 1. The number of nitrogens with one attached hydrogen (secondary N) is 1. The molecule has 2 heterocycles. The molecular weight excluding hydrogens is 182 g/mol. The first kappa shape index (κ1) is 8.93. The lowest BCUT2D eigenvalue weighted by Gasteiger charge is -2.17. The maximum absolute atomic E-state index is 11.1. The Hall–Kier alpha value is -1.65. The Morgan fingerprint density at radius 1 is 1.36 bits per heavy atom. The van der Waals surface area contributed by atoms with Crippen molar-refractivity contribution in [1.29, 1.82) is 0 Å². The number of fused-ring (bicyclic) bond motifs is 1. The predicted octanol–water partition coefficient (Wildman–Crippen LogP) is 0.678. The third kappa shape index (κ3) is 1.41. The van der Waals surface area contributed by atoms with Crippen LogP contribution in [0.25, 0.3) is 0 Å². The molecule has 0 fully saturated rings. The van der Waals surface area contributed by atoms with Crippen LogP contribution in [-0.2, 0) is 11.2 Å². The molecular formula is C9H11N3O2. The fraction of sp³-hybridized carbons (Fsp3) is 0.444. The van der Waals surface area contributed by atoms with E-state index in [1.807, 2.05) is 0 Å². The Kier molecular flexibility index (Phi) is 2.07. The highest BCUT2D eigenvalue weighted by atomic mass is 16.5. The van der Waals surface area contributed by atoms with Crippen LogP contribution in [0.2, 0.25) is 0 Å². The van der Waals surface area contributed by atoms with Crippen LogP contribution in [0.1, 0.15) is 17.8 Å². The van der Waals surface area contributed by atoms with E-state index in [2.05, 4.69) is 15.3 Å². The van der Waals surface area contributed by atoms with Gasteiger partial charge in [-0.05, 0) is 13.3 Å². The predicted molar refractivity (Wildman–Crippen MR) is 50.3 cm³/mol. The Morgan fingerprint density at radius 2 is 2.14 bits per heavy atom. The monoisotopic (exact) mass is 193 g/mol. The van der Waals surface area contributed by atoms with E-state index in [9.17, 15) is 4.79 Å². The number of carbonyl (C=O) groups is 1. The highest BCUT2D eigenvalue weighted by Gasteiger charge is 2.21. The molecule has 0 saturated carbocycles. The van der Waals surface area contributed by atoms with Gasteiger partial charge in [0.15, 0.2) is 0 Å². The number of hydrogen-bond donors (Lipinski definition) is 1. The van der Waals surface area contributed by atoms with Gasteiger partial charge in [0.2, 0.25) is 11.8 Å². The van der Waals surface area contributed by atoms with Gasteiger partial charge in [0.1, 0.15) is 11.6 Å². The van der Waals surface area contributed by atoms with Crippen LogP contribution in [0.5, 0.6) is 5.88 Å². The molecule has 1 amide bonds. The van der Waals surface area contributed by atoms with Crippen molar-refractivity contribution in [3.63, 3.8) is 0 Å². The summed E-state index contributed by atoms with van der Waals surface area (Å²) in [6, 6.07) is 0. The van der Waals surface area contributed by atoms with Gasteiger partial charge >= 0.3 is 0 Å². The molecule has 0 spiro atoms. The fourth-order valence-corrected chi connectivity index (χ4v) is 1.50. The van der Waals surface area contributed by atoms with Crippen LogP contribution in [0.3, 0.4) is 0 Å². The van der Waals surface area contributed by atoms with Crippen molar-refractivity contribution in [2.75, 3.05) is 12.4 Å². The molecule has 5 nitrogen and oxygen atoms in total. The van der Waals surface area contributed by atoms with Gasteiger partial charge in [0.05, 0.1) is 12.7 Å². The molecule has 1 aromatic heterocycles. The van der Waals surface area contributed by atoms with Gasteiger partial charge in [-0.2, -0.15) is 4.98 Å². The molecule has 1 aromatic rings. The van der Waals surface area contributed by atoms with Gasteiger partial charge in [0.25, 0.3) is 0 Å². The van der Waals surface area contributed by atoms with Crippen molar-refractivity contribution in [3.8, 4) is 5.88 Å². The number of aryl methyl sites for hydroxylation is 1. The topological polar surface area (TPSA) is 64.1 Å². The molecule has 0 unspecified atom stereocenters. The first-order chi connectivity index (χ1) is 6.70. The first-order valence-electron chi connectivity index (χ1n) is 4.42. The van der Waals surface area contributed by atoms with Crippen molar-refractivity contribution in [1.82, 2.24) is 9.97 Å². The van der Waals surface area contributed by atoms with Crippen LogP contribution in [0.4, 0.5) is 5.82 Å². The molecule has 1 aliphatic rings. The summed E-state index contributed by atoms with van der Waals surface area (Å²) in [6.45, 7) is 1.77. The van der Waals surface area contributed by atoms with E-state index in [0.29, 0.717) is 30.4 Å². The van der Waals surface area contributed by atoms with Crippen molar-refractivity contribution in [2.24, 2.45) is 0 Å². The van der Waals surface area contributed by atoms with Crippen molar-refractivity contribution < 1.29 is 9.53 Å². The number of anilines is 1. The number of hydrogen-bond acceptors (Lipinski definition) is 4. The standard InChI is InChI=1S/C9H11N3O2/c1-5-10-8-6(9(11-5)14-2)3-4-7(13)12-8/h3-4H2,1-2H3,(H,10,11,12,13). The highest BCUT2D eigenvalue weighted by molar-refractivity contribution is 5.93. The number of carbonyl (C=O) groups excluding carboxylic acids is 1. The lowest BCUT2D eigenvalue weighted by atomic mass is 10.1.